The van der Waals surface area contributed by atoms with E-state index >= 15 is 24.0 Å². The van der Waals surface area contributed by atoms with Crippen molar-refractivity contribution in [3.8, 4) is 0 Å². The van der Waals surface area contributed by atoms with E-state index in [1.165, 1.54) is 201 Å². The smallest absolute Gasteiger partial charge is 0.338 e. The van der Waals surface area contributed by atoms with Crippen LogP contribution in [-0.2, 0) is 119 Å². The summed E-state index contributed by atoms with van der Waals surface area (Å²) >= 11 is 0. The number of hydrogen-bond donors (Lipinski definition) is 0. The van der Waals surface area contributed by atoms with Gasteiger partial charge in [0, 0.05) is 34.8 Å². The molecule has 0 radical (unpaired) electrons. The third-order valence-electron chi connectivity index (χ3n) is 20.5. The van der Waals surface area contributed by atoms with Gasteiger partial charge in [-0.1, -0.05) is 164 Å². The van der Waals surface area contributed by atoms with Gasteiger partial charge in [0.25, 0.3) is 0 Å². The Morgan fingerprint density at radius 3 is 0.577 bits per heavy atom. The van der Waals surface area contributed by atoms with E-state index in [1.807, 2.05) is 0 Å². The SMILES string of the molecule is CO[C@H]1O[C@H](CO[C@H]2O[C@H](CO[C@H]3O[C@H](CO[C@H]4O[C@H](COC(C)=O)[C@@H](OC(C)=O)[C@H](OC(C)=O)[C@@H]4OC(C)=O)[C@@H](OC(=O)c4ccccc4)[C@H](OC(=O)c4ccccc4)[C@@H]3OC(=O)c3ccccc3)[C@@H](OC(=O)c3ccccc3)[C@H](OC(=O)c3ccccc3)[C@@H]2OC(=O)c2ccccc2)[C@@H](OC(=O)c2ccccc2)[C@H](OC(=O)c2ccccc2)[C@@H]1OC(=O)c1ccccc1. The summed E-state index contributed by atoms with van der Waals surface area (Å²) in [4.78, 5) is 187. The minimum absolute atomic E-state index is 0.0175. The molecule has 20 atom stereocenters. The Labute approximate surface area is 743 Å². The lowest BCUT2D eigenvalue weighted by Gasteiger charge is -2.47. The normalized spacial score (nSPS) is 25.0. The average Bonchev–Trinajstić information content (AvgIpc) is 0.771. The summed E-state index contributed by atoms with van der Waals surface area (Å²) in [5, 5.41) is 0. The summed E-state index contributed by atoms with van der Waals surface area (Å²) in [5.41, 5.74) is -0.791. The third-order valence-corrected chi connectivity index (χ3v) is 20.5. The lowest BCUT2D eigenvalue weighted by Crippen LogP contribution is -2.66. The van der Waals surface area contributed by atoms with Crippen molar-refractivity contribution >= 4 is 77.6 Å². The molecule has 0 spiro atoms. The predicted molar refractivity (Wildman–Crippen MR) is 444 cm³/mol. The summed E-state index contributed by atoms with van der Waals surface area (Å²) in [6.07, 6.45) is -39.7. The van der Waals surface area contributed by atoms with Gasteiger partial charge in [0.05, 0.1) is 69.9 Å². The molecule has 4 saturated heterocycles. The fourth-order valence-corrected chi connectivity index (χ4v) is 14.5. The van der Waals surface area contributed by atoms with E-state index < -0.39 is 227 Å². The molecule has 0 unspecified atom stereocenters. The summed E-state index contributed by atoms with van der Waals surface area (Å²) in [6, 6.07) is 66.8. The Morgan fingerprint density at radius 1 is 0.200 bits per heavy atom. The first-order valence-corrected chi connectivity index (χ1v) is 40.9. The number of carbonyl (C=O) groups is 13. The van der Waals surface area contributed by atoms with Gasteiger partial charge in [-0.15, -0.1) is 0 Å². The van der Waals surface area contributed by atoms with Crippen molar-refractivity contribution in [2.45, 2.75) is 151 Å². The summed E-state index contributed by atoms with van der Waals surface area (Å²) < 4.78 is 133. The topological polar surface area (TPSA) is 416 Å². The standard InChI is InChI=1S/C96H88O34/c1-55(97)111-51-68-72(115-56(2)98)76(116-57(3)99)81(117-58(4)100)94(119-68)112-53-70-74(123-85(102)60-35-17-7-18-36-60)78(126-88(105)63-41-23-10-24-42-63)83(130-92(109)67-49-31-14-32-50-67)96(120-70)114-54-71-75(124-86(103)61-37-19-8-20-38-61)79(127-89(106)64-43-25-11-26-44-64)82(129-91(108)66-47-29-13-30-48-66)95(121-71)113-52-69-73(122-84(101)59-33-15-6-16-34-59)77(125-87(104)62-39-21-9-22-40-62)80(93(110-5)118-69)128-90(107)65-45-27-12-28-46-65/h6-50,68-83,93-96H,51-54H2,1-5H3/t68-,69-,70-,71-,72-,73-,74-,75-,76+,77+,78+,79+,80+,81+,82+,83+,93+,94+,95+,96+/m1/s1. The van der Waals surface area contributed by atoms with E-state index in [-0.39, 0.29) is 50.1 Å². The van der Waals surface area contributed by atoms with Gasteiger partial charge < -0.3 is 99.5 Å². The molecule has 676 valence electrons. The molecule has 13 rings (SSSR count). The van der Waals surface area contributed by atoms with E-state index in [0.29, 0.717) is 0 Å². The highest BCUT2D eigenvalue weighted by Crippen LogP contribution is 2.39. The van der Waals surface area contributed by atoms with Gasteiger partial charge in [0.2, 0.25) is 0 Å². The van der Waals surface area contributed by atoms with Crippen LogP contribution in [0.1, 0.15) is 121 Å². The van der Waals surface area contributed by atoms with Crippen LogP contribution in [0.4, 0.5) is 0 Å². The Bertz CT molecular complexity index is 5350. The number of esters is 13. The quantitative estimate of drug-likeness (QED) is 0.0272. The van der Waals surface area contributed by atoms with Crippen molar-refractivity contribution in [1.29, 1.82) is 0 Å². The van der Waals surface area contributed by atoms with Crippen LogP contribution in [0, 0.1) is 0 Å². The van der Waals surface area contributed by atoms with E-state index in [9.17, 15) is 38.4 Å². The first-order valence-electron chi connectivity index (χ1n) is 40.9. The maximum Gasteiger partial charge on any atom is 0.338 e. The van der Waals surface area contributed by atoms with Crippen LogP contribution >= 0.6 is 0 Å². The molecule has 0 saturated carbocycles. The lowest BCUT2D eigenvalue weighted by molar-refractivity contribution is -0.345. The van der Waals surface area contributed by atoms with Crippen molar-refractivity contribution in [2.75, 3.05) is 33.5 Å². The number of ether oxygens (including phenoxy) is 21. The number of hydrogen-bond acceptors (Lipinski definition) is 34. The Kier molecular flexibility index (Phi) is 32.3. The van der Waals surface area contributed by atoms with Gasteiger partial charge in [-0.2, -0.15) is 0 Å². The van der Waals surface area contributed by atoms with Crippen LogP contribution in [-0.4, -0.2) is 234 Å². The Balaban J connectivity index is 0.966. The Hall–Kier alpha value is -14.2. The molecule has 0 N–H and O–H groups in total. The molecule has 130 heavy (non-hydrogen) atoms. The van der Waals surface area contributed by atoms with Crippen molar-refractivity contribution in [3.05, 3.63) is 323 Å². The van der Waals surface area contributed by atoms with E-state index in [0.717, 1.165) is 27.7 Å². The van der Waals surface area contributed by atoms with Gasteiger partial charge in [-0.3, -0.25) is 19.2 Å². The van der Waals surface area contributed by atoms with Crippen LogP contribution in [0.15, 0.2) is 273 Å². The first-order chi connectivity index (χ1) is 62.9. The number of carbonyl (C=O) groups excluding carboxylic acids is 13. The second kappa shape index (κ2) is 45.0. The van der Waals surface area contributed by atoms with Crippen LogP contribution in [0.25, 0.3) is 0 Å². The molecule has 0 bridgehead atoms. The molecule has 4 fully saturated rings. The Morgan fingerprint density at radius 2 is 0.362 bits per heavy atom. The van der Waals surface area contributed by atoms with Crippen LogP contribution in [0.5, 0.6) is 0 Å². The number of methoxy groups -OCH3 is 1. The lowest BCUT2D eigenvalue weighted by atomic mass is 9.96. The molecule has 9 aromatic carbocycles. The maximum absolute atomic E-state index is 15.2. The zero-order chi connectivity index (χ0) is 91.7. The molecule has 0 amide bonds. The average molecular weight is 1790 g/mol. The highest BCUT2D eigenvalue weighted by atomic mass is 16.8. The fourth-order valence-electron chi connectivity index (χ4n) is 14.5. The highest BCUT2D eigenvalue weighted by molar-refractivity contribution is 5.94. The van der Waals surface area contributed by atoms with Crippen LogP contribution in [0.3, 0.4) is 0 Å². The van der Waals surface area contributed by atoms with E-state index in [4.69, 9.17) is 99.5 Å². The summed E-state index contributed by atoms with van der Waals surface area (Å²) in [7, 11) is 1.17. The maximum atomic E-state index is 15.2. The molecular weight excluding hydrogens is 1700 g/mol. The largest absolute Gasteiger partial charge is 0.463 e. The van der Waals surface area contributed by atoms with E-state index in [1.54, 1.807) is 78.9 Å². The van der Waals surface area contributed by atoms with Crippen molar-refractivity contribution in [2.24, 2.45) is 0 Å². The molecule has 9 aromatic rings. The monoisotopic (exact) mass is 1780 g/mol. The molecule has 34 heteroatoms. The molecule has 4 aliphatic rings. The first kappa shape index (κ1) is 93.4. The number of rotatable bonds is 33. The minimum Gasteiger partial charge on any atom is -0.463 e. The molecular formula is C96H88O34. The zero-order valence-corrected chi connectivity index (χ0v) is 70.2. The highest BCUT2D eigenvalue weighted by Gasteiger charge is 2.60. The molecule has 4 aliphatic heterocycles. The second-order valence-electron chi connectivity index (χ2n) is 29.6. The zero-order valence-electron chi connectivity index (χ0n) is 70.2. The molecule has 0 aromatic heterocycles. The van der Waals surface area contributed by atoms with Crippen LogP contribution < -0.4 is 0 Å². The van der Waals surface area contributed by atoms with Gasteiger partial charge in [0.15, 0.2) is 98.4 Å². The number of benzene rings is 9. The van der Waals surface area contributed by atoms with Crippen LogP contribution in [0.2, 0.25) is 0 Å². The van der Waals surface area contributed by atoms with Crippen molar-refractivity contribution in [3.63, 3.8) is 0 Å². The minimum atomic E-state index is -2.27. The fraction of sp³-hybridized carbons (Fsp3) is 0.302. The molecule has 34 nitrogen and oxygen atoms in total. The van der Waals surface area contributed by atoms with E-state index in [2.05, 4.69) is 0 Å². The molecule has 0 aliphatic carbocycles. The summed E-state index contributed by atoms with van der Waals surface area (Å²) in [5.74, 6) is -13.8. The predicted octanol–water partition coefficient (Wildman–Crippen LogP) is 9.97. The van der Waals surface area contributed by atoms with Crippen molar-refractivity contribution < 1.29 is 162 Å². The third kappa shape index (κ3) is 24.3. The van der Waals surface area contributed by atoms with Gasteiger partial charge in [0.1, 0.15) is 31.0 Å². The second-order valence-corrected chi connectivity index (χ2v) is 29.6. The van der Waals surface area contributed by atoms with Gasteiger partial charge in [-0.05, 0) is 109 Å². The molecule has 4 heterocycles. The van der Waals surface area contributed by atoms with Gasteiger partial charge >= 0.3 is 77.6 Å². The van der Waals surface area contributed by atoms with Crippen molar-refractivity contribution in [1.82, 2.24) is 0 Å². The van der Waals surface area contributed by atoms with Gasteiger partial charge in [-0.25, -0.2) is 43.2 Å². The summed E-state index contributed by atoms with van der Waals surface area (Å²) in [6.45, 7) is 0.206.